The van der Waals surface area contributed by atoms with Gasteiger partial charge in [-0.25, -0.2) is 5.43 Å². The molecular weight excluding hydrogens is 476 g/mol. The second kappa shape index (κ2) is 9.74. The van der Waals surface area contributed by atoms with E-state index in [1.165, 1.54) is 0 Å². The zero-order valence-electron chi connectivity index (χ0n) is 12.9. The molecule has 0 heterocycles. The maximum absolute atomic E-state index is 11.9. The first kappa shape index (κ1) is 19.7. The molecule has 130 valence electrons. The molecule has 0 aliphatic rings. The van der Waals surface area contributed by atoms with Gasteiger partial charge in [-0.3, -0.25) is 9.59 Å². The summed E-state index contributed by atoms with van der Waals surface area (Å²) in [5.74, 6) is -0.685. The zero-order valence-corrected chi connectivity index (χ0v) is 16.6. The fourth-order valence-corrected chi connectivity index (χ4v) is 2.51. The molecule has 2 aromatic rings. The predicted octanol–water partition coefficient (Wildman–Crippen LogP) is 4.47. The number of hydrogen-bond acceptors (Lipinski definition) is 3. The third-order valence-electron chi connectivity index (χ3n) is 3.05. The highest BCUT2D eigenvalue weighted by atomic mass is 127. The van der Waals surface area contributed by atoms with Gasteiger partial charge in [-0.2, -0.15) is 5.10 Å². The highest BCUT2D eigenvalue weighted by molar-refractivity contribution is 14.1. The summed E-state index contributed by atoms with van der Waals surface area (Å²) in [6.45, 7) is 0. The van der Waals surface area contributed by atoms with Crippen LogP contribution in [-0.2, 0) is 9.59 Å². The fraction of sp³-hybridized carbons (Fsp3) is 0.118. The van der Waals surface area contributed by atoms with Crippen LogP contribution in [0.5, 0.6) is 0 Å². The summed E-state index contributed by atoms with van der Waals surface area (Å²) >= 11 is 14.0. The van der Waals surface area contributed by atoms with Crippen molar-refractivity contribution in [1.82, 2.24) is 5.43 Å². The van der Waals surface area contributed by atoms with Gasteiger partial charge in [0, 0.05) is 21.4 Å². The van der Waals surface area contributed by atoms with Gasteiger partial charge in [-0.15, -0.1) is 0 Å². The molecule has 0 fully saturated rings. The molecule has 0 atom stereocenters. The number of nitrogens with one attached hydrogen (secondary N) is 2. The summed E-state index contributed by atoms with van der Waals surface area (Å²) < 4.78 is 1.12. The predicted molar refractivity (Wildman–Crippen MR) is 109 cm³/mol. The molecule has 2 N–H and O–H groups in total. The minimum absolute atomic E-state index is 0.00767. The van der Waals surface area contributed by atoms with Gasteiger partial charge in [-0.1, -0.05) is 35.3 Å². The Morgan fingerprint density at radius 3 is 2.44 bits per heavy atom. The highest BCUT2D eigenvalue weighted by Gasteiger charge is 2.09. The molecule has 0 spiro atoms. The number of carbonyl (C=O) groups is 2. The molecule has 5 nitrogen and oxygen atoms in total. The first-order valence-electron chi connectivity index (χ1n) is 7.26. The summed E-state index contributed by atoms with van der Waals surface area (Å²) in [4.78, 5) is 23.6. The van der Waals surface area contributed by atoms with Crippen molar-refractivity contribution in [3.05, 3.63) is 61.6 Å². The lowest BCUT2D eigenvalue weighted by Crippen LogP contribution is -2.20. The molecule has 2 aromatic carbocycles. The molecule has 2 rings (SSSR count). The minimum Gasteiger partial charge on any atom is -0.325 e. The Balaban J connectivity index is 1.76. The minimum atomic E-state index is -0.353. The van der Waals surface area contributed by atoms with Crippen LogP contribution in [0.2, 0.25) is 10.0 Å². The molecule has 0 aromatic heterocycles. The Morgan fingerprint density at radius 1 is 1.04 bits per heavy atom. The van der Waals surface area contributed by atoms with Crippen molar-refractivity contribution in [3.8, 4) is 0 Å². The summed E-state index contributed by atoms with van der Waals surface area (Å²) in [5, 5.41) is 7.32. The third-order valence-corrected chi connectivity index (χ3v) is 4.34. The van der Waals surface area contributed by atoms with Gasteiger partial charge in [0.15, 0.2) is 0 Å². The molecule has 8 heteroatoms. The number of hydrazone groups is 1. The van der Waals surface area contributed by atoms with Gasteiger partial charge in [0.05, 0.1) is 16.9 Å². The van der Waals surface area contributed by atoms with Crippen LogP contribution in [0.25, 0.3) is 0 Å². The Morgan fingerprint density at radius 2 is 1.72 bits per heavy atom. The van der Waals surface area contributed by atoms with Gasteiger partial charge < -0.3 is 5.32 Å². The summed E-state index contributed by atoms with van der Waals surface area (Å²) in [5.41, 5.74) is 3.67. The van der Waals surface area contributed by atoms with Gasteiger partial charge >= 0.3 is 0 Å². The van der Waals surface area contributed by atoms with Crippen LogP contribution in [0.1, 0.15) is 18.4 Å². The van der Waals surface area contributed by atoms with E-state index in [1.807, 2.05) is 24.3 Å². The smallest absolute Gasteiger partial charge is 0.240 e. The van der Waals surface area contributed by atoms with Crippen LogP contribution in [0.3, 0.4) is 0 Å². The van der Waals surface area contributed by atoms with Gasteiger partial charge in [0.1, 0.15) is 0 Å². The summed E-state index contributed by atoms with van der Waals surface area (Å²) in [6.07, 6.45) is 1.56. The van der Waals surface area contributed by atoms with E-state index in [0.717, 1.165) is 9.13 Å². The van der Waals surface area contributed by atoms with Gasteiger partial charge in [0.2, 0.25) is 11.8 Å². The van der Waals surface area contributed by atoms with Crippen LogP contribution in [-0.4, -0.2) is 18.0 Å². The van der Waals surface area contributed by atoms with E-state index < -0.39 is 0 Å². The SMILES string of the molecule is O=C(CCC(=O)Nc1cc(Cl)ccc1Cl)N/N=C\c1ccc(I)cc1. The van der Waals surface area contributed by atoms with E-state index in [0.29, 0.717) is 15.7 Å². The zero-order chi connectivity index (χ0) is 18.2. The number of carbonyl (C=O) groups excluding carboxylic acids is 2. The molecule has 0 aliphatic heterocycles. The number of rotatable bonds is 6. The highest BCUT2D eigenvalue weighted by Crippen LogP contribution is 2.25. The number of nitrogens with zero attached hydrogens (tertiary/aromatic N) is 1. The van der Waals surface area contributed by atoms with Crippen molar-refractivity contribution in [1.29, 1.82) is 0 Å². The monoisotopic (exact) mass is 489 g/mol. The van der Waals surface area contributed by atoms with E-state index in [-0.39, 0.29) is 24.7 Å². The first-order valence-corrected chi connectivity index (χ1v) is 9.10. The Labute approximate surface area is 168 Å². The van der Waals surface area contributed by atoms with Crippen LogP contribution in [0.15, 0.2) is 47.6 Å². The van der Waals surface area contributed by atoms with Gasteiger partial charge in [0.25, 0.3) is 0 Å². The number of amides is 2. The molecule has 0 saturated heterocycles. The number of halogens is 3. The average molecular weight is 490 g/mol. The van der Waals surface area contributed by atoms with Crippen molar-refractivity contribution < 1.29 is 9.59 Å². The third kappa shape index (κ3) is 7.01. The average Bonchev–Trinajstić information content (AvgIpc) is 2.58. The van der Waals surface area contributed by atoms with E-state index in [1.54, 1.807) is 24.4 Å². The van der Waals surface area contributed by atoms with E-state index >= 15 is 0 Å². The fourth-order valence-electron chi connectivity index (χ4n) is 1.82. The van der Waals surface area contributed by atoms with Crippen LogP contribution in [0, 0.1) is 3.57 Å². The van der Waals surface area contributed by atoms with E-state index in [4.69, 9.17) is 23.2 Å². The van der Waals surface area contributed by atoms with Crippen molar-refractivity contribution in [2.45, 2.75) is 12.8 Å². The molecule has 25 heavy (non-hydrogen) atoms. The number of hydrogen-bond donors (Lipinski definition) is 2. The maximum atomic E-state index is 11.9. The first-order chi connectivity index (χ1) is 11.9. The molecule has 0 unspecified atom stereocenters. The van der Waals surface area contributed by atoms with E-state index in [2.05, 4.69) is 38.4 Å². The molecule has 0 radical (unpaired) electrons. The quantitative estimate of drug-likeness (QED) is 0.357. The largest absolute Gasteiger partial charge is 0.325 e. The standard InChI is InChI=1S/C17H14Cl2IN3O2/c18-12-3-6-14(19)15(9-12)22-16(24)7-8-17(25)23-21-10-11-1-4-13(20)5-2-11/h1-6,9-10H,7-8H2,(H,22,24)(H,23,25)/b21-10-. The Hall–Kier alpha value is -1.64. The van der Waals surface area contributed by atoms with Crippen LogP contribution in [0.4, 0.5) is 5.69 Å². The van der Waals surface area contributed by atoms with Crippen molar-refractivity contribution >= 4 is 69.5 Å². The van der Waals surface area contributed by atoms with E-state index in [9.17, 15) is 9.59 Å². The molecular formula is C17H14Cl2IN3O2. The molecule has 0 aliphatic carbocycles. The topological polar surface area (TPSA) is 70.6 Å². The second-order valence-electron chi connectivity index (χ2n) is 5.02. The van der Waals surface area contributed by atoms with Crippen molar-refractivity contribution in [3.63, 3.8) is 0 Å². The normalized spacial score (nSPS) is 10.7. The number of anilines is 1. The summed E-state index contributed by atoms with van der Waals surface area (Å²) in [7, 11) is 0. The van der Waals surface area contributed by atoms with Crippen molar-refractivity contribution in [2.24, 2.45) is 5.10 Å². The number of benzene rings is 2. The van der Waals surface area contributed by atoms with Crippen LogP contribution >= 0.6 is 45.8 Å². The lowest BCUT2D eigenvalue weighted by atomic mass is 10.2. The summed E-state index contributed by atoms with van der Waals surface area (Å²) in [6, 6.07) is 12.4. The maximum Gasteiger partial charge on any atom is 0.240 e. The molecule has 2 amide bonds. The van der Waals surface area contributed by atoms with Gasteiger partial charge in [-0.05, 0) is 58.5 Å². The lowest BCUT2D eigenvalue weighted by Gasteiger charge is -2.07. The van der Waals surface area contributed by atoms with Crippen molar-refractivity contribution in [2.75, 3.05) is 5.32 Å². The Kier molecular flexibility index (Phi) is 7.67. The second-order valence-corrected chi connectivity index (χ2v) is 7.11. The Bertz CT molecular complexity index is 795. The molecule has 0 saturated carbocycles. The molecule has 0 bridgehead atoms. The lowest BCUT2D eigenvalue weighted by molar-refractivity contribution is -0.124. The van der Waals surface area contributed by atoms with Crippen LogP contribution < -0.4 is 10.7 Å².